The number of nitrogens with zero attached hydrogens (tertiary/aromatic N) is 3. The van der Waals surface area contributed by atoms with Crippen LogP contribution in [-0.2, 0) is 19.6 Å². The summed E-state index contributed by atoms with van der Waals surface area (Å²) in [4.78, 5) is 41.0. The second-order valence-corrected chi connectivity index (χ2v) is 11.5. The van der Waals surface area contributed by atoms with Crippen LogP contribution in [0.3, 0.4) is 0 Å². The van der Waals surface area contributed by atoms with Gasteiger partial charge in [0.15, 0.2) is 12.0 Å². The minimum atomic E-state index is -4.26. The average molecular weight is 527 g/mol. The molecule has 2 aliphatic rings. The van der Waals surface area contributed by atoms with Crippen molar-refractivity contribution in [2.75, 3.05) is 13.1 Å². The summed E-state index contributed by atoms with van der Waals surface area (Å²) in [5.41, 5.74) is 1.24. The van der Waals surface area contributed by atoms with E-state index in [0.29, 0.717) is 12.0 Å². The van der Waals surface area contributed by atoms with Crippen LogP contribution in [0.25, 0.3) is 6.08 Å². The molecule has 3 atom stereocenters. The van der Waals surface area contributed by atoms with Gasteiger partial charge in [0.2, 0.25) is 5.91 Å². The Morgan fingerprint density at radius 3 is 2.54 bits per heavy atom. The third-order valence-electron chi connectivity index (χ3n) is 6.74. The van der Waals surface area contributed by atoms with Gasteiger partial charge in [-0.25, -0.2) is 8.42 Å². The van der Waals surface area contributed by atoms with Gasteiger partial charge < -0.3 is 15.4 Å². The monoisotopic (exact) mass is 526 g/mol. The van der Waals surface area contributed by atoms with E-state index in [-0.39, 0.29) is 23.6 Å². The SMILES string of the molecule is C=Cc1ccc(C(=O)NC(CC(C)C)C(=O)N2CCC3C2C(=O)CN3S(=O)(=O)c2cccc[n+]2[O-])cc1. The Labute approximate surface area is 216 Å². The first-order valence-corrected chi connectivity index (χ1v) is 13.5. The van der Waals surface area contributed by atoms with E-state index >= 15 is 0 Å². The number of carbonyl (C=O) groups is 3. The molecule has 10 nitrogen and oxygen atoms in total. The van der Waals surface area contributed by atoms with Gasteiger partial charge in [0.1, 0.15) is 12.1 Å². The van der Waals surface area contributed by atoms with Crippen molar-refractivity contribution < 1.29 is 27.5 Å². The van der Waals surface area contributed by atoms with Crippen LogP contribution in [0.2, 0.25) is 0 Å². The van der Waals surface area contributed by atoms with Gasteiger partial charge in [0, 0.05) is 24.2 Å². The number of fused-ring (bicyclic) bond motifs is 1. The zero-order chi connectivity index (χ0) is 26.9. The molecule has 4 rings (SSSR count). The molecule has 2 aliphatic heterocycles. The fraction of sp³-hybridized carbons (Fsp3) is 0.385. The van der Waals surface area contributed by atoms with Crippen molar-refractivity contribution in [2.45, 2.75) is 49.8 Å². The number of ketones is 1. The van der Waals surface area contributed by atoms with Gasteiger partial charge in [-0.05, 0) is 42.5 Å². The topological polar surface area (TPSA) is 131 Å². The lowest BCUT2D eigenvalue weighted by Crippen LogP contribution is -2.53. The number of Topliss-reactive ketones (excluding diaryl/α,β-unsaturated/α-hetero) is 1. The highest BCUT2D eigenvalue weighted by molar-refractivity contribution is 7.89. The average Bonchev–Trinajstić information content (AvgIpc) is 3.44. The van der Waals surface area contributed by atoms with Crippen molar-refractivity contribution in [1.82, 2.24) is 14.5 Å². The Morgan fingerprint density at radius 1 is 1.22 bits per heavy atom. The van der Waals surface area contributed by atoms with E-state index in [1.165, 1.54) is 23.1 Å². The number of hydrogen-bond acceptors (Lipinski definition) is 6. The van der Waals surface area contributed by atoms with Crippen LogP contribution in [0.5, 0.6) is 0 Å². The molecule has 1 aromatic heterocycles. The molecule has 1 aromatic carbocycles. The minimum absolute atomic E-state index is 0.0672. The number of amides is 2. The fourth-order valence-corrected chi connectivity index (χ4v) is 6.63. The molecule has 2 saturated heterocycles. The molecule has 37 heavy (non-hydrogen) atoms. The minimum Gasteiger partial charge on any atom is -0.618 e. The van der Waals surface area contributed by atoms with Crippen LogP contribution < -0.4 is 10.0 Å². The Bertz CT molecular complexity index is 1320. The number of rotatable bonds is 8. The Morgan fingerprint density at radius 2 is 1.92 bits per heavy atom. The van der Waals surface area contributed by atoms with Crippen LogP contribution in [0.4, 0.5) is 0 Å². The number of likely N-dealkylation sites (tertiary alicyclic amines) is 1. The molecule has 0 aliphatic carbocycles. The van der Waals surface area contributed by atoms with Crippen LogP contribution in [-0.4, -0.2) is 66.4 Å². The van der Waals surface area contributed by atoms with E-state index < -0.39 is 57.3 Å². The smallest absolute Gasteiger partial charge is 0.323 e. The first-order valence-electron chi connectivity index (χ1n) is 12.1. The first kappa shape index (κ1) is 26.5. The van der Waals surface area contributed by atoms with Crippen LogP contribution in [0, 0.1) is 11.1 Å². The van der Waals surface area contributed by atoms with Gasteiger partial charge in [-0.3, -0.25) is 14.4 Å². The molecule has 3 unspecified atom stereocenters. The molecule has 2 amide bonds. The number of sulfonamides is 1. The lowest BCUT2D eigenvalue weighted by molar-refractivity contribution is -0.646. The highest BCUT2D eigenvalue weighted by Crippen LogP contribution is 2.34. The molecular weight excluding hydrogens is 496 g/mol. The molecule has 0 bridgehead atoms. The Hall–Kier alpha value is -3.57. The molecular formula is C26H30N4O6S. The lowest BCUT2D eigenvalue weighted by atomic mass is 10.0. The number of aromatic nitrogens is 1. The summed E-state index contributed by atoms with van der Waals surface area (Å²) in [5.74, 6) is -1.19. The van der Waals surface area contributed by atoms with E-state index in [4.69, 9.17) is 0 Å². The quantitative estimate of drug-likeness (QED) is 0.408. The number of carbonyl (C=O) groups excluding carboxylic acids is 3. The Balaban J connectivity index is 1.55. The molecule has 3 heterocycles. The van der Waals surface area contributed by atoms with Crippen LogP contribution in [0.15, 0.2) is 60.3 Å². The second kappa shape index (κ2) is 10.4. The second-order valence-electron chi connectivity index (χ2n) is 9.70. The zero-order valence-electron chi connectivity index (χ0n) is 20.7. The number of benzene rings is 1. The molecule has 2 aromatic rings. The Kier molecular flexibility index (Phi) is 7.47. The summed E-state index contributed by atoms with van der Waals surface area (Å²) in [6.45, 7) is 7.28. The van der Waals surface area contributed by atoms with Crippen molar-refractivity contribution in [3.63, 3.8) is 0 Å². The molecule has 2 fully saturated rings. The summed E-state index contributed by atoms with van der Waals surface area (Å²) in [6, 6.07) is 8.19. The van der Waals surface area contributed by atoms with Crippen molar-refractivity contribution in [3.05, 3.63) is 71.6 Å². The molecule has 0 radical (unpaired) electrons. The number of pyridine rings is 1. The van der Waals surface area contributed by atoms with Crippen molar-refractivity contribution in [2.24, 2.45) is 5.92 Å². The summed E-state index contributed by atoms with van der Waals surface area (Å²) in [7, 11) is -4.26. The number of hydrogen-bond donors (Lipinski definition) is 1. The van der Waals surface area contributed by atoms with Gasteiger partial charge >= 0.3 is 15.0 Å². The summed E-state index contributed by atoms with van der Waals surface area (Å²) in [5, 5.41) is 14.5. The van der Waals surface area contributed by atoms with E-state index in [9.17, 15) is 28.0 Å². The van der Waals surface area contributed by atoms with Crippen molar-refractivity contribution >= 4 is 33.7 Å². The standard InChI is InChI=1S/C26H30N4O6S/c1-4-18-8-10-19(11-9-18)25(32)27-20(15-17(2)3)26(33)28-14-12-21-24(28)22(31)16-30(21)37(35,36)23-7-5-6-13-29(23)34/h4-11,13,17,20-21,24H,1,12,14-16H2,2-3H3,(H,27,32). The summed E-state index contributed by atoms with van der Waals surface area (Å²) in [6.07, 6.45) is 3.34. The predicted molar refractivity (Wildman–Crippen MR) is 135 cm³/mol. The summed E-state index contributed by atoms with van der Waals surface area (Å²) >= 11 is 0. The number of nitrogens with one attached hydrogen (secondary N) is 1. The van der Waals surface area contributed by atoms with E-state index in [0.717, 1.165) is 16.1 Å². The van der Waals surface area contributed by atoms with Crippen molar-refractivity contribution in [1.29, 1.82) is 0 Å². The maximum Gasteiger partial charge on any atom is 0.323 e. The van der Waals surface area contributed by atoms with Gasteiger partial charge in [-0.1, -0.05) is 38.6 Å². The van der Waals surface area contributed by atoms with E-state index in [1.54, 1.807) is 30.3 Å². The predicted octanol–water partition coefficient (Wildman–Crippen LogP) is 1.35. The van der Waals surface area contributed by atoms with Gasteiger partial charge in [-0.15, -0.1) is 0 Å². The molecule has 196 valence electrons. The van der Waals surface area contributed by atoms with Gasteiger partial charge in [0.05, 0.1) is 12.6 Å². The van der Waals surface area contributed by atoms with E-state index in [1.807, 2.05) is 13.8 Å². The first-order chi connectivity index (χ1) is 17.5. The molecule has 0 spiro atoms. The van der Waals surface area contributed by atoms with Crippen LogP contribution in [0.1, 0.15) is 42.6 Å². The highest BCUT2D eigenvalue weighted by Gasteiger charge is 2.55. The zero-order valence-corrected chi connectivity index (χ0v) is 21.6. The van der Waals surface area contributed by atoms with E-state index in [2.05, 4.69) is 11.9 Å². The highest BCUT2D eigenvalue weighted by atomic mass is 32.2. The van der Waals surface area contributed by atoms with Crippen molar-refractivity contribution in [3.8, 4) is 0 Å². The van der Waals surface area contributed by atoms with Crippen LogP contribution >= 0.6 is 0 Å². The maximum absolute atomic E-state index is 13.6. The molecule has 0 saturated carbocycles. The third kappa shape index (κ3) is 5.14. The van der Waals surface area contributed by atoms with Gasteiger partial charge in [0.25, 0.3) is 5.91 Å². The molecule has 11 heteroatoms. The third-order valence-corrected chi connectivity index (χ3v) is 8.60. The van der Waals surface area contributed by atoms with Gasteiger partial charge in [-0.2, -0.15) is 9.04 Å². The largest absolute Gasteiger partial charge is 0.618 e. The molecule has 1 N–H and O–H groups in total. The summed E-state index contributed by atoms with van der Waals surface area (Å²) < 4.78 is 27.7. The maximum atomic E-state index is 13.6. The fourth-order valence-electron chi connectivity index (χ4n) is 4.98. The normalized spacial score (nSPS) is 20.6. The lowest BCUT2D eigenvalue weighted by Gasteiger charge is -2.29.